The molecule has 0 aliphatic carbocycles. The third-order valence-corrected chi connectivity index (χ3v) is 14.4. The minimum Gasteiger partial charge on any atom is -0.495 e. The van der Waals surface area contributed by atoms with E-state index in [1.807, 2.05) is 60.0 Å². The fourth-order valence-corrected chi connectivity index (χ4v) is 9.06. The van der Waals surface area contributed by atoms with Crippen LogP contribution >= 0.6 is 92.2 Å². The molecule has 6 aromatic rings. The summed E-state index contributed by atoms with van der Waals surface area (Å²) >= 11 is 38.6. The second kappa shape index (κ2) is 24.5. The van der Waals surface area contributed by atoms with Crippen LogP contribution in [0.25, 0.3) is 11.3 Å². The van der Waals surface area contributed by atoms with E-state index in [1.54, 1.807) is 48.0 Å². The Labute approximate surface area is 437 Å². The lowest BCUT2D eigenvalue weighted by Crippen LogP contribution is -2.49. The van der Waals surface area contributed by atoms with Crippen molar-refractivity contribution in [1.29, 1.82) is 0 Å². The lowest BCUT2D eigenvalue weighted by Gasteiger charge is -2.36. The molecular weight excluding hydrogens is 1110 g/mol. The van der Waals surface area contributed by atoms with Crippen LogP contribution in [0.15, 0.2) is 73.1 Å². The first-order valence-electron chi connectivity index (χ1n) is 20.9. The molecule has 6 heterocycles. The molecule has 2 amide bonds. The number of pyridine rings is 2. The van der Waals surface area contributed by atoms with E-state index in [-0.39, 0.29) is 35.5 Å². The molecule has 2 aliphatic heterocycles. The summed E-state index contributed by atoms with van der Waals surface area (Å²) in [4.78, 5) is 41.4. The monoisotopic (exact) mass is 1160 g/mol. The van der Waals surface area contributed by atoms with Crippen molar-refractivity contribution in [3.8, 4) is 22.8 Å². The van der Waals surface area contributed by atoms with E-state index in [0.717, 1.165) is 33.9 Å². The molecule has 2 aromatic carbocycles. The van der Waals surface area contributed by atoms with E-state index in [2.05, 4.69) is 52.6 Å². The van der Waals surface area contributed by atoms with Crippen molar-refractivity contribution in [2.75, 3.05) is 76.4 Å². The number of halogens is 7. The SMILES string of the molecule is COc1cc(N2CCN(C(=O)Cn3nc(-c4cccnc4Cl)c(Cl)c3C)CC2)ccc1Cl.COc1cc(N2CCN(C(=O)Cn3nc(I)c(Cl)c3C)CC2)ccc1Cl.OB(O)c1cccnc1Cl. The predicted octanol–water partition coefficient (Wildman–Crippen LogP) is 7.45. The van der Waals surface area contributed by atoms with Crippen molar-refractivity contribution in [3.05, 3.63) is 119 Å². The minimum absolute atomic E-state index is 0.00978. The number of anilines is 2. The van der Waals surface area contributed by atoms with Gasteiger partial charge in [-0.2, -0.15) is 10.2 Å². The van der Waals surface area contributed by atoms with Crippen LogP contribution in [-0.4, -0.2) is 135 Å². The summed E-state index contributed by atoms with van der Waals surface area (Å²) in [7, 11) is 1.66. The van der Waals surface area contributed by atoms with Gasteiger partial charge in [-0.1, -0.05) is 75.7 Å². The smallest absolute Gasteiger partial charge is 0.491 e. The lowest BCUT2D eigenvalue weighted by molar-refractivity contribution is -0.133. The highest BCUT2D eigenvalue weighted by Gasteiger charge is 2.26. The van der Waals surface area contributed by atoms with Crippen molar-refractivity contribution >= 4 is 128 Å². The van der Waals surface area contributed by atoms with Crippen LogP contribution in [0.3, 0.4) is 0 Å². The number of piperazine rings is 2. The predicted molar refractivity (Wildman–Crippen MR) is 278 cm³/mol. The number of ether oxygens (including phenoxy) is 2. The molecular formula is C44H46BCl6IN10O6. The zero-order valence-electron chi connectivity index (χ0n) is 37.2. The Balaban J connectivity index is 0.000000189. The molecule has 0 spiro atoms. The topological polar surface area (TPSA) is 167 Å². The summed E-state index contributed by atoms with van der Waals surface area (Å²) in [6, 6.07) is 18.1. The van der Waals surface area contributed by atoms with E-state index in [9.17, 15) is 9.59 Å². The number of rotatable bonds is 10. The lowest BCUT2D eigenvalue weighted by atomic mass is 9.82. The average Bonchev–Trinajstić information content (AvgIpc) is 3.75. The molecule has 68 heavy (non-hydrogen) atoms. The molecule has 0 bridgehead atoms. The van der Waals surface area contributed by atoms with E-state index in [0.29, 0.717) is 93.0 Å². The van der Waals surface area contributed by atoms with Crippen molar-refractivity contribution < 1.29 is 29.1 Å². The van der Waals surface area contributed by atoms with Gasteiger partial charge in [0.1, 0.15) is 44.3 Å². The summed E-state index contributed by atoms with van der Waals surface area (Å²) in [6.45, 7) is 9.51. The van der Waals surface area contributed by atoms with Gasteiger partial charge in [0.05, 0.1) is 45.7 Å². The maximum Gasteiger partial charge on any atom is 0.491 e. The summed E-state index contributed by atoms with van der Waals surface area (Å²) in [6.07, 6.45) is 3.08. The number of carbonyl (C=O) groups excluding carboxylic acids is 2. The zero-order valence-corrected chi connectivity index (χ0v) is 43.9. The van der Waals surface area contributed by atoms with E-state index in [1.165, 1.54) is 12.3 Å². The molecule has 360 valence electrons. The van der Waals surface area contributed by atoms with Gasteiger partial charge < -0.3 is 39.1 Å². The van der Waals surface area contributed by atoms with Gasteiger partial charge in [0.15, 0.2) is 0 Å². The molecule has 2 fully saturated rings. The summed E-state index contributed by atoms with van der Waals surface area (Å²) in [5, 5.41) is 28.8. The van der Waals surface area contributed by atoms with Gasteiger partial charge in [0.2, 0.25) is 11.8 Å². The van der Waals surface area contributed by atoms with Gasteiger partial charge in [-0.05, 0) is 78.9 Å². The number of nitrogens with zero attached hydrogens (tertiary/aromatic N) is 10. The molecule has 4 aromatic heterocycles. The minimum atomic E-state index is -1.54. The molecule has 8 rings (SSSR count). The van der Waals surface area contributed by atoms with Crippen LogP contribution in [0.4, 0.5) is 11.4 Å². The Morgan fingerprint density at radius 1 is 0.647 bits per heavy atom. The highest BCUT2D eigenvalue weighted by molar-refractivity contribution is 14.1. The van der Waals surface area contributed by atoms with Crippen molar-refractivity contribution in [2.45, 2.75) is 26.9 Å². The highest BCUT2D eigenvalue weighted by Crippen LogP contribution is 2.34. The molecule has 2 saturated heterocycles. The van der Waals surface area contributed by atoms with Gasteiger partial charge in [0, 0.05) is 99.3 Å². The fraction of sp³-hybridized carbons (Fsp3) is 0.318. The Morgan fingerprint density at radius 3 is 1.51 bits per heavy atom. The van der Waals surface area contributed by atoms with Gasteiger partial charge >= 0.3 is 7.12 Å². The molecule has 0 radical (unpaired) electrons. The van der Waals surface area contributed by atoms with Gasteiger partial charge in [-0.25, -0.2) is 9.97 Å². The Kier molecular flexibility index (Phi) is 19.2. The second-order valence-corrected chi connectivity index (χ2v) is 18.5. The number of amides is 2. The average molecular weight is 1160 g/mol. The van der Waals surface area contributed by atoms with Crippen molar-refractivity contribution in [3.63, 3.8) is 0 Å². The molecule has 2 aliphatic rings. The zero-order chi connectivity index (χ0) is 49.2. The van der Waals surface area contributed by atoms with Gasteiger partial charge in [0.25, 0.3) is 0 Å². The van der Waals surface area contributed by atoms with Crippen molar-refractivity contribution in [2.24, 2.45) is 0 Å². The summed E-state index contributed by atoms with van der Waals surface area (Å²) in [5.74, 6) is 1.34. The maximum absolute atomic E-state index is 13.0. The first-order chi connectivity index (χ1) is 32.5. The van der Waals surface area contributed by atoms with Crippen LogP contribution in [0, 0.1) is 17.5 Å². The fourth-order valence-electron chi connectivity index (χ4n) is 7.22. The number of carbonyl (C=O) groups is 2. The quantitative estimate of drug-likeness (QED) is 0.0792. The van der Waals surface area contributed by atoms with E-state index < -0.39 is 7.12 Å². The van der Waals surface area contributed by atoms with E-state index in [4.69, 9.17) is 89.1 Å². The normalized spacial score (nSPS) is 13.6. The standard InChI is InChI=1S/C22H22Cl3N5O2.C17H19Cl2IN4O2.C5H5BClNO2/c1-14-20(24)21(16-4-3-7-26-22(16)25)27-30(14)13-19(31)29-10-8-28(9-11-29)15-5-6-17(23)18(12-15)32-2;1-11-16(19)17(20)21-24(11)10-15(25)23-7-5-22(6-8-23)12-3-4-13(18)14(9-12)26-2;7-5-4(6(9)10)2-1-3-8-5/h3-7,12H,8-11,13H2,1-2H3;3-4,9H,5-8,10H2,1-2H3;1-3,9-10H. The molecule has 2 N–H and O–H groups in total. The summed E-state index contributed by atoms with van der Waals surface area (Å²) < 4.78 is 14.6. The van der Waals surface area contributed by atoms with Crippen LogP contribution in [0.2, 0.25) is 30.4 Å². The Bertz CT molecular complexity index is 2720. The molecule has 0 unspecified atom stereocenters. The number of benzene rings is 2. The first kappa shape index (κ1) is 53.1. The third-order valence-electron chi connectivity index (χ3n) is 11.1. The largest absolute Gasteiger partial charge is 0.495 e. The van der Waals surface area contributed by atoms with E-state index >= 15 is 0 Å². The van der Waals surface area contributed by atoms with Crippen LogP contribution in [-0.2, 0) is 22.7 Å². The second-order valence-electron chi connectivity index (χ2n) is 15.2. The number of hydrogen-bond donors (Lipinski definition) is 2. The van der Waals surface area contributed by atoms with Crippen LogP contribution in [0.5, 0.6) is 11.5 Å². The van der Waals surface area contributed by atoms with Gasteiger partial charge in [-0.3, -0.25) is 19.0 Å². The number of aromatic nitrogens is 6. The molecule has 24 heteroatoms. The number of hydrogen-bond acceptors (Lipinski definition) is 12. The summed E-state index contributed by atoms with van der Waals surface area (Å²) in [5.41, 5.74) is 4.98. The third kappa shape index (κ3) is 13.1. The molecule has 16 nitrogen and oxygen atoms in total. The van der Waals surface area contributed by atoms with Crippen molar-refractivity contribution in [1.82, 2.24) is 39.3 Å². The Hall–Kier alpha value is -4.25. The first-order valence-corrected chi connectivity index (χ1v) is 24.3. The highest BCUT2D eigenvalue weighted by atomic mass is 127. The number of methoxy groups -OCH3 is 2. The molecule has 0 atom stereocenters. The van der Waals surface area contributed by atoms with Crippen LogP contribution < -0.4 is 24.7 Å². The molecule has 0 saturated carbocycles. The van der Waals surface area contributed by atoms with Gasteiger partial charge in [-0.15, -0.1) is 0 Å². The Morgan fingerprint density at radius 2 is 1.10 bits per heavy atom. The maximum atomic E-state index is 13.0. The van der Waals surface area contributed by atoms with Crippen LogP contribution in [0.1, 0.15) is 11.4 Å².